The SMILES string of the molecule is COc1ccc(CCNC(=O)c2sc3ncn(C)c(=O)c3c2C)cc1OC. The van der Waals surface area contributed by atoms with E-state index < -0.39 is 0 Å². The quantitative estimate of drug-likeness (QED) is 0.702. The molecule has 0 aliphatic rings. The minimum atomic E-state index is -0.196. The smallest absolute Gasteiger partial charge is 0.262 e. The van der Waals surface area contributed by atoms with Crippen molar-refractivity contribution in [3.63, 3.8) is 0 Å². The zero-order valence-electron chi connectivity index (χ0n) is 15.7. The zero-order chi connectivity index (χ0) is 19.6. The van der Waals surface area contributed by atoms with Crippen molar-refractivity contribution in [3.05, 3.63) is 50.9 Å². The molecule has 142 valence electrons. The van der Waals surface area contributed by atoms with Crippen LogP contribution < -0.4 is 20.3 Å². The molecule has 0 atom stereocenters. The van der Waals surface area contributed by atoms with Crippen LogP contribution >= 0.6 is 11.3 Å². The molecule has 0 unspecified atom stereocenters. The predicted octanol–water partition coefficient (Wildman–Crippen LogP) is 2.29. The Kier molecular flexibility index (Phi) is 5.46. The molecule has 3 aromatic rings. The maximum absolute atomic E-state index is 12.6. The van der Waals surface area contributed by atoms with Gasteiger partial charge in [-0.25, -0.2) is 4.98 Å². The van der Waals surface area contributed by atoms with Crippen LogP contribution in [-0.2, 0) is 13.5 Å². The van der Waals surface area contributed by atoms with Gasteiger partial charge in [-0.1, -0.05) is 6.07 Å². The Labute approximate surface area is 160 Å². The highest BCUT2D eigenvalue weighted by Crippen LogP contribution is 2.28. The van der Waals surface area contributed by atoms with E-state index in [0.29, 0.717) is 45.1 Å². The number of hydrogen-bond donors (Lipinski definition) is 1. The molecule has 0 bridgehead atoms. The van der Waals surface area contributed by atoms with Crippen LogP contribution in [0.2, 0.25) is 0 Å². The molecule has 0 radical (unpaired) electrons. The summed E-state index contributed by atoms with van der Waals surface area (Å²) in [4.78, 5) is 30.2. The number of aryl methyl sites for hydroxylation is 2. The van der Waals surface area contributed by atoms with Crippen LogP contribution in [0.25, 0.3) is 10.2 Å². The van der Waals surface area contributed by atoms with E-state index >= 15 is 0 Å². The maximum atomic E-state index is 12.6. The number of thiophene rings is 1. The zero-order valence-corrected chi connectivity index (χ0v) is 16.5. The first-order valence-electron chi connectivity index (χ1n) is 8.40. The highest BCUT2D eigenvalue weighted by molar-refractivity contribution is 7.20. The minimum absolute atomic E-state index is 0.141. The molecule has 0 fully saturated rings. The number of ether oxygens (including phenoxy) is 2. The summed E-state index contributed by atoms with van der Waals surface area (Å²) < 4.78 is 11.9. The lowest BCUT2D eigenvalue weighted by molar-refractivity contribution is 0.0957. The van der Waals surface area contributed by atoms with Crippen molar-refractivity contribution in [2.45, 2.75) is 13.3 Å². The molecule has 0 spiro atoms. The molecule has 1 N–H and O–H groups in total. The number of amides is 1. The number of methoxy groups -OCH3 is 2. The third kappa shape index (κ3) is 3.66. The summed E-state index contributed by atoms with van der Waals surface area (Å²) in [6, 6.07) is 5.67. The number of carbonyl (C=O) groups is 1. The summed E-state index contributed by atoms with van der Waals surface area (Å²) in [6.07, 6.45) is 2.12. The molecule has 1 aromatic carbocycles. The average molecular weight is 387 g/mol. The van der Waals surface area contributed by atoms with Crippen LogP contribution in [0, 0.1) is 6.92 Å². The number of fused-ring (bicyclic) bond motifs is 1. The third-order valence-electron chi connectivity index (χ3n) is 4.36. The Balaban J connectivity index is 1.72. The van der Waals surface area contributed by atoms with E-state index in [1.54, 1.807) is 28.2 Å². The Hall–Kier alpha value is -2.87. The highest BCUT2D eigenvalue weighted by atomic mass is 32.1. The monoisotopic (exact) mass is 387 g/mol. The molecule has 1 amide bonds. The summed E-state index contributed by atoms with van der Waals surface area (Å²) in [5.41, 5.74) is 1.56. The van der Waals surface area contributed by atoms with Gasteiger partial charge < -0.3 is 19.4 Å². The fraction of sp³-hybridized carbons (Fsp3) is 0.316. The van der Waals surface area contributed by atoms with E-state index in [0.717, 1.165) is 5.56 Å². The van der Waals surface area contributed by atoms with Crippen LogP contribution in [0.3, 0.4) is 0 Å². The summed E-state index contributed by atoms with van der Waals surface area (Å²) in [5, 5.41) is 3.42. The van der Waals surface area contributed by atoms with Crippen molar-refractivity contribution in [1.82, 2.24) is 14.9 Å². The molecule has 0 saturated heterocycles. The number of benzene rings is 1. The molecular weight excluding hydrogens is 366 g/mol. The van der Waals surface area contributed by atoms with Crippen molar-refractivity contribution >= 4 is 27.5 Å². The molecule has 27 heavy (non-hydrogen) atoms. The van der Waals surface area contributed by atoms with Gasteiger partial charge in [0.2, 0.25) is 0 Å². The standard InChI is InChI=1S/C19H21N3O4S/c1-11-15-18(21-10-22(2)19(15)24)27-16(11)17(23)20-8-7-12-5-6-13(25-3)14(9-12)26-4/h5-6,9-10H,7-8H2,1-4H3,(H,20,23). The topological polar surface area (TPSA) is 82.5 Å². The number of rotatable bonds is 6. The van der Waals surface area contributed by atoms with Crippen molar-refractivity contribution in [1.29, 1.82) is 0 Å². The lowest BCUT2D eigenvalue weighted by Gasteiger charge is -2.10. The number of nitrogens with one attached hydrogen (secondary N) is 1. The van der Waals surface area contributed by atoms with Crippen molar-refractivity contribution in [2.24, 2.45) is 7.05 Å². The lowest BCUT2D eigenvalue weighted by atomic mass is 10.1. The first kappa shape index (κ1) is 18.9. The van der Waals surface area contributed by atoms with E-state index in [4.69, 9.17) is 9.47 Å². The molecule has 0 aliphatic heterocycles. The van der Waals surface area contributed by atoms with Crippen LogP contribution in [0.5, 0.6) is 11.5 Å². The molecule has 0 saturated carbocycles. The van der Waals surface area contributed by atoms with E-state index in [9.17, 15) is 9.59 Å². The average Bonchev–Trinajstić information content (AvgIpc) is 3.01. The van der Waals surface area contributed by atoms with Gasteiger partial charge in [0, 0.05) is 13.6 Å². The van der Waals surface area contributed by atoms with Gasteiger partial charge in [-0.2, -0.15) is 0 Å². The van der Waals surface area contributed by atoms with Gasteiger partial charge in [0.15, 0.2) is 11.5 Å². The Bertz CT molecular complexity index is 1060. The number of nitrogens with zero attached hydrogens (tertiary/aromatic N) is 2. The molecule has 2 heterocycles. The lowest BCUT2D eigenvalue weighted by Crippen LogP contribution is -2.25. The highest BCUT2D eigenvalue weighted by Gasteiger charge is 2.18. The summed E-state index contributed by atoms with van der Waals surface area (Å²) in [5.74, 6) is 1.13. The van der Waals surface area contributed by atoms with Crippen LogP contribution in [0.1, 0.15) is 20.8 Å². The minimum Gasteiger partial charge on any atom is -0.493 e. The molecule has 0 aliphatic carbocycles. The second kappa shape index (κ2) is 7.79. The number of hydrogen-bond acceptors (Lipinski definition) is 6. The predicted molar refractivity (Wildman–Crippen MR) is 105 cm³/mol. The van der Waals surface area contributed by atoms with Crippen LogP contribution in [0.4, 0.5) is 0 Å². The number of carbonyl (C=O) groups excluding carboxylic acids is 1. The van der Waals surface area contributed by atoms with Crippen LogP contribution in [0.15, 0.2) is 29.3 Å². The van der Waals surface area contributed by atoms with Gasteiger partial charge in [-0.15, -0.1) is 11.3 Å². The first-order chi connectivity index (χ1) is 13.0. The first-order valence-corrected chi connectivity index (χ1v) is 9.21. The molecular formula is C19H21N3O4S. The van der Waals surface area contributed by atoms with Gasteiger partial charge in [0.25, 0.3) is 11.5 Å². The summed E-state index contributed by atoms with van der Waals surface area (Å²) >= 11 is 1.24. The van der Waals surface area contributed by atoms with E-state index in [2.05, 4.69) is 10.3 Å². The van der Waals surface area contributed by atoms with Gasteiger partial charge in [0.05, 0.1) is 30.8 Å². The number of aromatic nitrogens is 2. The summed E-state index contributed by atoms with van der Waals surface area (Å²) in [6.45, 7) is 2.25. The maximum Gasteiger partial charge on any atom is 0.262 e. The van der Waals surface area contributed by atoms with Crippen molar-refractivity contribution < 1.29 is 14.3 Å². The van der Waals surface area contributed by atoms with E-state index in [-0.39, 0.29) is 11.5 Å². The summed E-state index contributed by atoms with van der Waals surface area (Å²) in [7, 11) is 4.83. The molecule has 3 rings (SSSR count). The normalized spacial score (nSPS) is 10.8. The third-order valence-corrected chi connectivity index (χ3v) is 5.56. The van der Waals surface area contributed by atoms with Gasteiger partial charge in [0.1, 0.15) is 4.83 Å². The fourth-order valence-corrected chi connectivity index (χ4v) is 3.92. The van der Waals surface area contributed by atoms with Crippen LogP contribution in [-0.4, -0.2) is 36.2 Å². The van der Waals surface area contributed by atoms with E-state index in [1.165, 1.54) is 22.2 Å². The molecule has 2 aromatic heterocycles. The van der Waals surface area contributed by atoms with Gasteiger partial charge in [-0.3, -0.25) is 9.59 Å². The second-order valence-electron chi connectivity index (χ2n) is 6.09. The largest absolute Gasteiger partial charge is 0.493 e. The Morgan fingerprint density at radius 1 is 1.26 bits per heavy atom. The molecule has 7 nitrogen and oxygen atoms in total. The fourth-order valence-electron chi connectivity index (χ4n) is 2.86. The molecule has 8 heteroatoms. The van der Waals surface area contributed by atoms with Gasteiger partial charge in [-0.05, 0) is 36.6 Å². The van der Waals surface area contributed by atoms with Gasteiger partial charge >= 0.3 is 0 Å². The van der Waals surface area contributed by atoms with E-state index in [1.807, 2.05) is 18.2 Å². The van der Waals surface area contributed by atoms with Crippen molar-refractivity contribution in [2.75, 3.05) is 20.8 Å². The Morgan fingerprint density at radius 2 is 2.00 bits per heavy atom. The second-order valence-corrected chi connectivity index (χ2v) is 7.09. The Morgan fingerprint density at radius 3 is 2.70 bits per heavy atom. The van der Waals surface area contributed by atoms with Crippen molar-refractivity contribution in [3.8, 4) is 11.5 Å².